The van der Waals surface area contributed by atoms with E-state index in [1.807, 2.05) is 17.6 Å². The molecule has 0 saturated carbocycles. The third kappa shape index (κ3) is 1.94. The van der Waals surface area contributed by atoms with Crippen LogP contribution in [0.4, 0.5) is 0 Å². The van der Waals surface area contributed by atoms with Gasteiger partial charge in [-0.15, -0.1) is 11.3 Å². The second kappa shape index (κ2) is 4.54. The van der Waals surface area contributed by atoms with Gasteiger partial charge in [0.05, 0.1) is 6.04 Å². The van der Waals surface area contributed by atoms with Gasteiger partial charge in [0.25, 0.3) is 0 Å². The van der Waals surface area contributed by atoms with Gasteiger partial charge in [-0.25, -0.2) is 0 Å². The molecule has 0 amide bonds. The summed E-state index contributed by atoms with van der Waals surface area (Å²) in [5.41, 5.74) is 5.28. The minimum absolute atomic E-state index is 0.183. The van der Waals surface area contributed by atoms with Crippen molar-refractivity contribution < 1.29 is 0 Å². The summed E-state index contributed by atoms with van der Waals surface area (Å²) in [6.07, 6.45) is 4.25. The van der Waals surface area contributed by atoms with Crippen molar-refractivity contribution >= 4 is 37.7 Å². The zero-order valence-electron chi connectivity index (χ0n) is 12.5. The maximum atomic E-state index is 4.67. The molecule has 0 spiro atoms. The molecule has 1 aromatic heterocycles. The van der Waals surface area contributed by atoms with Crippen molar-refractivity contribution in [2.24, 2.45) is 4.99 Å². The van der Waals surface area contributed by atoms with E-state index < -0.39 is 0 Å². The molecule has 104 valence electrons. The number of hydrogen-bond donors (Lipinski definition) is 0. The van der Waals surface area contributed by atoms with Gasteiger partial charge in [0.15, 0.2) is 0 Å². The fraction of sp³-hybridized carbons (Fsp3) is 0.211. The molecule has 1 unspecified atom stereocenters. The molecule has 2 aromatic carbocycles. The molecule has 1 nitrogen and oxygen atoms in total. The SMILES string of the molecule is CC1=CC(c2c(C)ccc3c2sc2ccc(C)cc23)N=C1. The molecule has 0 aliphatic carbocycles. The molecular formula is C19H17NS. The predicted octanol–water partition coefficient (Wildman–Crippen LogP) is 5.74. The first-order chi connectivity index (χ1) is 10.1. The summed E-state index contributed by atoms with van der Waals surface area (Å²) in [6, 6.07) is 11.4. The zero-order chi connectivity index (χ0) is 14.6. The maximum Gasteiger partial charge on any atom is 0.0952 e. The Bertz CT molecular complexity index is 928. The molecule has 3 aromatic rings. The number of aryl methyl sites for hydroxylation is 2. The molecule has 21 heavy (non-hydrogen) atoms. The summed E-state index contributed by atoms with van der Waals surface area (Å²) in [7, 11) is 0. The van der Waals surface area contributed by atoms with Crippen molar-refractivity contribution in [3.05, 3.63) is 58.7 Å². The molecule has 0 bridgehead atoms. The molecule has 2 heterocycles. The van der Waals surface area contributed by atoms with Crippen LogP contribution in [0, 0.1) is 13.8 Å². The van der Waals surface area contributed by atoms with Crippen molar-refractivity contribution in [2.75, 3.05) is 0 Å². The van der Waals surface area contributed by atoms with E-state index in [1.54, 1.807) is 0 Å². The number of allylic oxidation sites excluding steroid dienone is 1. The van der Waals surface area contributed by atoms with Crippen molar-refractivity contribution in [3.63, 3.8) is 0 Å². The fourth-order valence-electron chi connectivity index (χ4n) is 3.13. The van der Waals surface area contributed by atoms with Gasteiger partial charge in [0, 0.05) is 32.0 Å². The lowest BCUT2D eigenvalue weighted by Gasteiger charge is -2.11. The van der Waals surface area contributed by atoms with Crippen LogP contribution in [0.3, 0.4) is 0 Å². The molecule has 1 aliphatic heterocycles. The number of fused-ring (bicyclic) bond motifs is 3. The molecule has 1 atom stereocenters. The Kier molecular flexibility index (Phi) is 2.76. The van der Waals surface area contributed by atoms with Crippen LogP contribution in [0.1, 0.15) is 29.7 Å². The monoisotopic (exact) mass is 291 g/mol. The summed E-state index contributed by atoms with van der Waals surface area (Å²) in [4.78, 5) is 4.67. The second-order valence-electron chi connectivity index (χ2n) is 5.91. The standard InChI is InChI=1S/C19H17NS/c1-11-4-7-17-15(8-11)14-6-5-13(3)18(19(14)21-17)16-9-12(2)10-20-16/h4-10,16H,1-3H3. The normalized spacial score (nSPS) is 17.9. The summed E-state index contributed by atoms with van der Waals surface area (Å²) in [5, 5.41) is 2.74. The highest BCUT2D eigenvalue weighted by molar-refractivity contribution is 7.26. The van der Waals surface area contributed by atoms with Crippen molar-refractivity contribution in [1.29, 1.82) is 0 Å². The zero-order valence-corrected chi connectivity index (χ0v) is 13.3. The number of rotatable bonds is 1. The molecular weight excluding hydrogens is 274 g/mol. The van der Waals surface area contributed by atoms with Crippen LogP contribution in [0.5, 0.6) is 0 Å². The number of benzene rings is 2. The van der Waals surface area contributed by atoms with Crippen LogP contribution < -0.4 is 0 Å². The van der Waals surface area contributed by atoms with E-state index in [1.165, 1.54) is 42.4 Å². The number of thiophene rings is 1. The highest BCUT2D eigenvalue weighted by Crippen LogP contribution is 2.41. The molecule has 2 heteroatoms. The van der Waals surface area contributed by atoms with Crippen LogP contribution in [0.15, 0.2) is 47.0 Å². The van der Waals surface area contributed by atoms with Gasteiger partial charge in [-0.1, -0.05) is 29.8 Å². The van der Waals surface area contributed by atoms with Gasteiger partial charge in [0.2, 0.25) is 0 Å². The first-order valence-electron chi connectivity index (χ1n) is 7.27. The summed E-state index contributed by atoms with van der Waals surface area (Å²) >= 11 is 1.90. The summed E-state index contributed by atoms with van der Waals surface area (Å²) < 4.78 is 2.76. The average molecular weight is 291 g/mol. The molecule has 0 saturated heterocycles. The third-order valence-electron chi connectivity index (χ3n) is 4.21. The molecule has 1 aliphatic rings. The number of hydrogen-bond acceptors (Lipinski definition) is 2. The first-order valence-corrected chi connectivity index (χ1v) is 8.09. The highest BCUT2D eigenvalue weighted by atomic mass is 32.1. The quantitative estimate of drug-likeness (QED) is 0.542. The minimum atomic E-state index is 0.183. The Hall–Kier alpha value is -1.93. The maximum absolute atomic E-state index is 4.67. The van der Waals surface area contributed by atoms with Crippen molar-refractivity contribution in [2.45, 2.75) is 26.8 Å². The van der Waals surface area contributed by atoms with Crippen LogP contribution in [-0.4, -0.2) is 6.21 Å². The summed E-state index contributed by atoms with van der Waals surface area (Å²) in [6.45, 7) is 6.47. The minimum Gasteiger partial charge on any atom is -0.281 e. The van der Waals surface area contributed by atoms with Gasteiger partial charge < -0.3 is 0 Å². The Balaban J connectivity index is 2.08. The van der Waals surface area contributed by atoms with E-state index in [9.17, 15) is 0 Å². The Morgan fingerprint density at radius 1 is 1.00 bits per heavy atom. The van der Waals surface area contributed by atoms with Crippen LogP contribution in [-0.2, 0) is 0 Å². The Morgan fingerprint density at radius 2 is 1.86 bits per heavy atom. The van der Waals surface area contributed by atoms with Crippen LogP contribution in [0.2, 0.25) is 0 Å². The molecule has 0 radical (unpaired) electrons. The average Bonchev–Trinajstić information content (AvgIpc) is 3.02. The van der Waals surface area contributed by atoms with E-state index in [2.05, 4.69) is 62.2 Å². The topological polar surface area (TPSA) is 12.4 Å². The molecule has 4 rings (SSSR count). The van der Waals surface area contributed by atoms with Gasteiger partial charge in [-0.2, -0.15) is 0 Å². The fourth-order valence-corrected chi connectivity index (χ4v) is 4.45. The lowest BCUT2D eigenvalue weighted by Crippen LogP contribution is -1.93. The smallest absolute Gasteiger partial charge is 0.0952 e. The second-order valence-corrected chi connectivity index (χ2v) is 6.96. The van der Waals surface area contributed by atoms with Crippen molar-refractivity contribution in [1.82, 2.24) is 0 Å². The Labute approximate surface area is 128 Å². The number of aliphatic imine (C=N–C) groups is 1. The number of nitrogens with zero attached hydrogens (tertiary/aromatic N) is 1. The lowest BCUT2D eigenvalue weighted by molar-refractivity contribution is 0.935. The Morgan fingerprint density at radius 3 is 2.62 bits per heavy atom. The van der Waals surface area contributed by atoms with E-state index in [-0.39, 0.29) is 6.04 Å². The van der Waals surface area contributed by atoms with Gasteiger partial charge in [-0.05, 0) is 44.0 Å². The van der Waals surface area contributed by atoms with Crippen molar-refractivity contribution in [3.8, 4) is 0 Å². The van der Waals surface area contributed by atoms with Gasteiger partial charge in [-0.3, -0.25) is 4.99 Å². The highest BCUT2D eigenvalue weighted by Gasteiger charge is 2.19. The van der Waals surface area contributed by atoms with E-state index in [0.717, 1.165) is 0 Å². The van der Waals surface area contributed by atoms with E-state index >= 15 is 0 Å². The lowest BCUT2D eigenvalue weighted by atomic mass is 9.98. The van der Waals surface area contributed by atoms with Gasteiger partial charge in [0.1, 0.15) is 0 Å². The van der Waals surface area contributed by atoms with Crippen LogP contribution in [0.25, 0.3) is 20.2 Å². The largest absolute Gasteiger partial charge is 0.281 e. The first kappa shape index (κ1) is 12.8. The van der Waals surface area contributed by atoms with E-state index in [0.29, 0.717) is 0 Å². The predicted molar refractivity (Wildman–Crippen MR) is 93.8 cm³/mol. The van der Waals surface area contributed by atoms with Gasteiger partial charge >= 0.3 is 0 Å². The molecule has 0 fully saturated rings. The van der Waals surface area contributed by atoms with Crippen LogP contribution >= 0.6 is 11.3 Å². The molecule has 0 N–H and O–H groups in total. The third-order valence-corrected chi connectivity index (χ3v) is 5.43. The summed E-state index contributed by atoms with van der Waals surface area (Å²) in [5.74, 6) is 0. The van der Waals surface area contributed by atoms with E-state index in [4.69, 9.17) is 0 Å².